The number of nitrogens with one attached hydrogen (secondary N) is 1. The van der Waals surface area contributed by atoms with Crippen LogP contribution in [-0.2, 0) is 0 Å². The van der Waals surface area contributed by atoms with Crippen molar-refractivity contribution in [2.24, 2.45) is 5.92 Å². The zero-order valence-corrected chi connectivity index (χ0v) is 11.3. The van der Waals surface area contributed by atoms with Gasteiger partial charge in [0.25, 0.3) is 0 Å². The van der Waals surface area contributed by atoms with Crippen LogP contribution in [0.15, 0.2) is 6.33 Å². The van der Waals surface area contributed by atoms with Crippen LogP contribution in [0.5, 0.6) is 5.88 Å². The van der Waals surface area contributed by atoms with Gasteiger partial charge in [0, 0.05) is 13.6 Å². The minimum atomic E-state index is 0.561. The van der Waals surface area contributed by atoms with Gasteiger partial charge in [0.05, 0.1) is 12.7 Å². The molecule has 5 nitrogen and oxygen atoms in total. The molecule has 1 N–H and O–H groups in total. The van der Waals surface area contributed by atoms with Crippen molar-refractivity contribution in [3.05, 3.63) is 11.9 Å². The van der Waals surface area contributed by atoms with Gasteiger partial charge in [0.2, 0.25) is 5.88 Å². The Balaban J connectivity index is 2.78. The first-order valence-electron chi connectivity index (χ1n) is 5.81. The van der Waals surface area contributed by atoms with Crippen LogP contribution in [0.25, 0.3) is 0 Å². The van der Waals surface area contributed by atoms with Crippen molar-refractivity contribution in [1.29, 1.82) is 0 Å². The first kappa shape index (κ1) is 13.7. The zero-order valence-electron chi connectivity index (χ0n) is 11.3. The van der Waals surface area contributed by atoms with E-state index in [0.29, 0.717) is 11.8 Å². The summed E-state index contributed by atoms with van der Waals surface area (Å²) in [6, 6.07) is 0. The Bertz CT molecular complexity index is 356. The maximum Gasteiger partial charge on any atom is 0.221 e. The van der Waals surface area contributed by atoms with Crippen LogP contribution in [0.2, 0.25) is 0 Å². The molecule has 1 rings (SSSR count). The highest BCUT2D eigenvalue weighted by Crippen LogP contribution is 2.22. The molecule has 1 atom stereocenters. The van der Waals surface area contributed by atoms with Gasteiger partial charge in [-0.3, -0.25) is 0 Å². The number of rotatable bonds is 6. The average Bonchev–Trinajstić information content (AvgIpc) is 2.29. The average molecular weight is 238 g/mol. The van der Waals surface area contributed by atoms with E-state index in [1.54, 1.807) is 13.4 Å². The Kier molecular flexibility index (Phi) is 5.15. The van der Waals surface area contributed by atoms with Gasteiger partial charge in [-0.2, -0.15) is 0 Å². The van der Waals surface area contributed by atoms with Crippen LogP contribution >= 0.6 is 0 Å². The highest BCUT2D eigenvalue weighted by atomic mass is 16.5. The second kappa shape index (κ2) is 6.39. The first-order valence-corrected chi connectivity index (χ1v) is 5.81. The van der Waals surface area contributed by atoms with E-state index in [2.05, 4.69) is 27.1 Å². The Labute approximate surface area is 103 Å². The number of methoxy groups -OCH3 is 1. The summed E-state index contributed by atoms with van der Waals surface area (Å²) >= 11 is 0. The van der Waals surface area contributed by atoms with E-state index in [0.717, 1.165) is 24.5 Å². The van der Waals surface area contributed by atoms with E-state index in [1.165, 1.54) is 0 Å². The molecule has 1 heterocycles. The summed E-state index contributed by atoms with van der Waals surface area (Å²) in [5.41, 5.74) is 0.981. The summed E-state index contributed by atoms with van der Waals surface area (Å²) in [7, 11) is 5.64. The van der Waals surface area contributed by atoms with Gasteiger partial charge in [-0.1, -0.05) is 6.92 Å². The molecule has 17 heavy (non-hydrogen) atoms. The Hall–Kier alpha value is -1.36. The van der Waals surface area contributed by atoms with E-state index < -0.39 is 0 Å². The minimum Gasteiger partial charge on any atom is -0.481 e. The quantitative estimate of drug-likeness (QED) is 0.804. The lowest BCUT2D eigenvalue weighted by molar-refractivity contribution is 0.393. The standard InChI is InChI=1S/C12H22N4O/c1-9(6-13-3)7-16(4)11-10(2)12(17-5)15-8-14-11/h8-9,13H,6-7H2,1-5H3. The van der Waals surface area contributed by atoms with Gasteiger partial charge in [-0.25, -0.2) is 9.97 Å². The molecule has 0 spiro atoms. The number of aromatic nitrogens is 2. The van der Waals surface area contributed by atoms with Crippen LogP contribution in [0.3, 0.4) is 0 Å². The van der Waals surface area contributed by atoms with E-state index in [9.17, 15) is 0 Å². The van der Waals surface area contributed by atoms with Crippen LogP contribution in [-0.4, -0.2) is 44.3 Å². The number of anilines is 1. The Morgan fingerprint density at radius 3 is 2.76 bits per heavy atom. The molecule has 0 saturated carbocycles. The van der Waals surface area contributed by atoms with E-state index in [1.807, 2.05) is 21.0 Å². The van der Waals surface area contributed by atoms with Gasteiger partial charge in [-0.15, -0.1) is 0 Å². The largest absolute Gasteiger partial charge is 0.481 e. The second-order valence-corrected chi connectivity index (χ2v) is 4.37. The van der Waals surface area contributed by atoms with Crippen molar-refractivity contribution >= 4 is 5.82 Å². The van der Waals surface area contributed by atoms with Gasteiger partial charge in [0.15, 0.2) is 0 Å². The number of ether oxygens (including phenoxy) is 1. The topological polar surface area (TPSA) is 50.3 Å². The number of nitrogens with zero attached hydrogens (tertiary/aromatic N) is 3. The van der Waals surface area contributed by atoms with Crippen LogP contribution in [0.1, 0.15) is 12.5 Å². The molecule has 0 aliphatic carbocycles. The molecule has 1 unspecified atom stereocenters. The highest BCUT2D eigenvalue weighted by molar-refractivity contribution is 5.49. The monoisotopic (exact) mass is 238 g/mol. The predicted octanol–water partition coefficient (Wildman–Crippen LogP) is 1.09. The molecule has 0 fully saturated rings. The predicted molar refractivity (Wildman–Crippen MR) is 69.7 cm³/mol. The maximum absolute atomic E-state index is 5.20. The van der Waals surface area contributed by atoms with Gasteiger partial charge in [0.1, 0.15) is 12.1 Å². The lowest BCUT2D eigenvalue weighted by Gasteiger charge is -2.24. The molecule has 0 aliphatic heterocycles. The second-order valence-electron chi connectivity index (χ2n) is 4.37. The smallest absolute Gasteiger partial charge is 0.221 e. The molecule has 0 aromatic carbocycles. The molecule has 0 radical (unpaired) electrons. The van der Waals surface area contributed by atoms with Crippen LogP contribution < -0.4 is 15.0 Å². The SMILES string of the molecule is CNCC(C)CN(C)c1ncnc(OC)c1C. The van der Waals surface area contributed by atoms with E-state index in [-0.39, 0.29) is 0 Å². The van der Waals surface area contributed by atoms with Gasteiger partial charge >= 0.3 is 0 Å². The summed E-state index contributed by atoms with van der Waals surface area (Å²) in [6.45, 7) is 6.13. The Morgan fingerprint density at radius 2 is 2.18 bits per heavy atom. The third-order valence-electron chi connectivity index (χ3n) is 2.70. The molecule has 1 aromatic heterocycles. The van der Waals surface area contributed by atoms with Crippen LogP contribution in [0.4, 0.5) is 5.82 Å². The molecule has 1 aromatic rings. The van der Waals surface area contributed by atoms with Gasteiger partial charge in [-0.05, 0) is 26.4 Å². The number of hydrogen-bond acceptors (Lipinski definition) is 5. The number of hydrogen-bond donors (Lipinski definition) is 1. The fraction of sp³-hybridized carbons (Fsp3) is 0.667. The molecule has 0 saturated heterocycles. The molecular weight excluding hydrogens is 216 g/mol. The van der Waals surface area contributed by atoms with E-state index in [4.69, 9.17) is 4.74 Å². The van der Waals surface area contributed by atoms with Crippen molar-refractivity contribution in [2.75, 3.05) is 39.2 Å². The first-order chi connectivity index (χ1) is 8.10. The van der Waals surface area contributed by atoms with Gasteiger partial charge < -0.3 is 15.0 Å². The van der Waals surface area contributed by atoms with Crippen molar-refractivity contribution in [3.63, 3.8) is 0 Å². The summed E-state index contributed by atoms with van der Waals surface area (Å²) in [5.74, 6) is 2.13. The van der Waals surface area contributed by atoms with Crippen molar-refractivity contribution < 1.29 is 4.74 Å². The highest BCUT2D eigenvalue weighted by Gasteiger charge is 2.13. The fourth-order valence-electron chi connectivity index (χ4n) is 1.98. The van der Waals surface area contributed by atoms with Crippen molar-refractivity contribution in [2.45, 2.75) is 13.8 Å². The molecule has 96 valence electrons. The molecule has 0 bridgehead atoms. The summed E-state index contributed by atoms with van der Waals surface area (Å²) in [4.78, 5) is 10.5. The molecule has 0 amide bonds. The molecule has 0 aliphatic rings. The van der Waals surface area contributed by atoms with E-state index >= 15 is 0 Å². The van der Waals surface area contributed by atoms with Crippen LogP contribution in [0, 0.1) is 12.8 Å². The molecular formula is C12H22N4O. The molecule has 5 heteroatoms. The fourth-order valence-corrected chi connectivity index (χ4v) is 1.98. The third kappa shape index (κ3) is 3.56. The Morgan fingerprint density at radius 1 is 1.47 bits per heavy atom. The van der Waals surface area contributed by atoms with Crippen molar-refractivity contribution in [3.8, 4) is 5.88 Å². The summed E-state index contributed by atoms with van der Waals surface area (Å²) in [5, 5.41) is 3.18. The third-order valence-corrected chi connectivity index (χ3v) is 2.70. The van der Waals surface area contributed by atoms with Crippen molar-refractivity contribution in [1.82, 2.24) is 15.3 Å². The summed E-state index contributed by atoms with van der Waals surface area (Å²) in [6.07, 6.45) is 1.54. The summed E-state index contributed by atoms with van der Waals surface area (Å²) < 4.78 is 5.20. The minimum absolute atomic E-state index is 0.561. The maximum atomic E-state index is 5.20. The zero-order chi connectivity index (χ0) is 12.8. The normalized spacial score (nSPS) is 12.3. The lowest BCUT2D eigenvalue weighted by Crippen LogP contribution is -2.30. The lowest BCUT2D eigenvalue weighted by atomic mass is 10.1.